The lowest BCUT2D eigenvalue weighted by molar-refractivity contribution is -0.122. The van der Waals surface area contributed by atoms with E-state index in [0.29, 0.717) is 11.1 Å². The molecule has 0 radical (unpaired) electrons. The minimum Gasteiger partial charge on any atom is -0.507 e. The highest BCUT2D eigenvalue weighted by atomic mass is 16.3. The van der Waals surface area contributed by atoms with Crippen molar-refractivity contribution in [3.05, 3.63) is 53.1 Å². The maximum atomic E-state index is 12.2. The van der Waals surface area contributed by atoms with E-state index < -0.39 is 0 Å². The van der Waals surface area contributed by atoms with Crippen LogP contribution in [-0.4, -0.2) is 16.1 Å². The molecule has 0 unspecified atom stereocenters. The Labute approximate surface area is 179 Å². The fourth-order valence-corrected chi connectivity index (χ4v) is 3.90. The zero-order valence-corrected chi connectivity index (χ0v) is 18.3. The monoisotopic (exact) mass is 407 g/mol. The molecule has 0 bridgehead atoms. The molecule has 0 aliphatic heterocycles. The number of amides is 1. The van der Waals surface area contributed by atoms with Crippen LogP contribution in [0.15, 0.2) is 30.8 Å². The second-order valence-electron chi connectivity index (χ2n) is 8.54. The van der Waals surface area contributed by atoms with E-state index in [1.807, 2.05) is 32.0 Å². The molecule has 1 aliphatic carbocycles. The van der Waals surface area contributed by atoms with Crippen LogP contribution in [0.1, 0.15) is 68.2 Å². The van der Waals surface area contributed by atoms with Crippen molar-refractivity contribution in [3.63, 3.8) is 0 Å². The van der Waals surface area contributed by atoms with Gasteiger partial charge < -0.3 is 15.5 Å². The molecule has 4 heteroatoms. The maximum Gasteiger partial charge on any atom is 0.223 e. The molecular weight excluding hydrogens is 374 g/mol. The molecule has 2 aromatic carbocycles. The van der Waals surface area contributed by atoms with E-state index in [4.69, 9.17) is 0 Å². The molecule has 0 spiro atoms. The molecule has 160 valence electrons. The van der Waals surface area contributed by atoms with Crippen LogP contribution in [-0.2, 0) is 17.8 Å². The summed E-state index contributed by atoms with van der Waals surface area (Å²) >= 11 is 0. The van der Waals surface area contributed by atoms with Crippen LogP contribution in [0.5, 0.6) is 11.5 Å². The first-order valence-corrected chi connectivity index (χ1v) is 10.9. The number of aromatic hydroxyl groups is 2. The number of unbranched alkanes of at least 4 members (excludes halogenated alkanes) is 2. The smallest absolute Gasteiger partial charge is 0.223 e. The van der Waals surface area contributed by atoms with Crippen molar-refractivity contribution in [1.29, 1.82) is 0 Å². The lowest BCUT2D eigenvalue weighted by Crippen LogP contribution is -2.25. The van der Waals surface area contributed by atoms with Crippen molar-refractivity contribution >= 4 is 11.5 Å². The molecule has 1 aliphatic rings. The summed E-state index contributed by atoms with van der Waals surface area (Å²) < 4.78 is 0. The summed E-state index contributed by atoms with van der Waals surface area (Å²) in [5.41, 5.74) is 5.53. The van der Waals surface area contributed by atoms with E-state index in [2.05, 4.69) is 18.8 Å². The quantitative estimate of drug-likeness (QED) is 0.456. The first kappa shape index (κ1) is 21.9. The van der Waals surface area contributed by atoms with Gasteiger partial charge in [0, 0.05) is 18.0 Å². The van der Waals surface area contributed by atoms with Crippen LogP contribution < -0.4 is 5.32 Å². The van der Waals surface area contributed by atoms with Crippen LogP contribution in [0.4, 0.5) is 0 Å². The molecule has 0 saturated heterocycles. The SMILES string of the molecule is C=C(C)c1ccc(C)cc1-c1c(O)cc(CCCCC)c(CNC(=O)C2CC2)c1O. The van der Waals surface area contributed by atoms with Gasteiger partial charge in [0.25, 0.3) is 0 Å². The van der Waals surface area contributed by atoms with Crippen LogP contribution in [0, 0.1) is 12.8 Å². The summed E-state index contributed by atoms with van der Waals surface area (Å²) in [5, 5.41) is 25.2. The zero-order valence-electron chi connectivity index (χ0n) is 18.3. The number of nitrogens with one attached hydrogen (secondary N) is 1. The molecule has 30 heavy (non-hydrogen) atoms. The number of phenolic OH excluding ortho intramolecular Hbond substituents is 2. The molecule has 0 heterocycles. The molecule has 2 aromatic rings. The molecule has 1 amide bonds. The van der Waals surface area contributed by atoms with Gasteiger partial charge in [-0.15, -0.1) is 0 Å². The van der Waals surface area contributed by atoms with Gasteiger partial charge in [0.1, 0.15) is 11.5 Å². The topological polar surface area (TPSA) is 69.6 Å². The van der Waals surface area contributed by atoms with E-state index in [1.54, 1.807) is 6.07 Å². The van der Waals surface area contributed by atoms with E-state index in [1.165, 1.54) is 0 Å². The molecular formula is C26H33NO3. The summed E-state index contributed by atoms with van der Waals surface area (Å²) in [7, 11) is 0. The number of rotatable bonds is 9. The van der Waals surface area contributed by atoms with Crippen LogP contribution in [0.2, 0.25) is 0 Å². The van der Waals surface area contributed by atoms with Gasteiger partial charge in [0.2, 0.25) is 5.91 Å². The highest BCUT2D eigenvalue weighted by Gasteiger charge is 2.30. The van der Waals surface area contributed by atoms with Crippen molar-refractivity contribution in [2.24, 2.45) is 5.92 Å². The molecule has 1 fully saturated rings. The first-order valence-electron chi connectivity index (χ1n) is 10.9. The second kappa shape index (κ2) is 9.38. The van der Waals surface area contributed by atoms with Gasteiger partial charge in [-0.1, -0.05) is 55.7 Å². The molecule has 3 N–H and O–H groups in total. The van der Waals surface area contributed by atoms with Crippen LogP contribution >= 0.6 is 0 Å². The van der Waals surface area contributed by atoms with Gasteiger partial charge in [-0.25, -0.2) is 0 Å². The van der Waals surface area contributed by atoms with E-state index >= 15 is 0 Å². The van der Waals surface area contributed by atoms with Gasteiger partial charge in [-0.3, -0.25) is 4.79 Å². The fourth-order valence-electron chi connectivity index (χ4n) is 3.90. The van der Waals surface area contributed by atoms with Crippen molar-refractivity contribution in [2.75, 3.05) is 0 Å². The Morgan fingerprint density at radius 2 is 1.93 bits per heavy atom. The van der Waals surface area contributed by atoms with Gasteiger partial charge in [0.05, 0.1) is 5.56 Å². The Balaban J connectivity index is 2.07. The predicted molar refractivity (Wildman–Crippen MR) is 122 cm³/mol. The second-order valence-corrected chi connectivity index (χ2v) is 8.54. The molecule has 3 rings (SSSR count). The largest absolute Gasteiger partial charge is 0.507 e. The average molecular weight is 408 g/mol. The highest BCUT2D eigenvalue weighted by Crippen LogP contribution is 2.44. The van der Waals surface area contributed by atoms with Gasteiger partial charge >= 0.3 is 0 Å². The van der Waals surface area contributed by atoms with Gasteiger partial charge in [-0.2, -0.15) is 0 Å². The Morgan fingerprint density at radius 1 is 1.20 bits per heavy atom. The van der Waals surface area contributed by atoms with Crippen molar-refractivity contribution in [3.8, 4) is 22.6 Å². The number of hydrogen-bond acceptors (Lipinski definition) is 3. The Kier molecular flexibility index (Phi) is 6.86. The number of aryl methyl sites for hydroxylation is 2. The van der Waals surface area contributed by atoms with Crippen molar-refractivity contribution < 1.29 is 15.0 Å². The average Bonchev–Trinajstić information content (AvgIpc) is 3.52. The Hall–Kier alpha value is -2.75. The van der Waals surface area contributed by atoms with E-state index in [9.17, 15) is 15.0 Å². The minimum atomic E-state index is 0.0433. The lowest BCUT2D eigenvalue weighted by Gasteiger charge is -2.20. The van der Waals surface area contributed by atoms with E-state index in [0.717, 1.165) is 66.4 Å². The van der Waals surface area contributed by atoms with Crippen molar-refractivity contribution in [1.82, 2.24) is 5.32 Å². The fraction of sp³-hybridized carbons (Fsp3) is 0.423. The van der Waals surface area contributed by atoms with E-state index in [-0.39, 0.29) is 29.9 Å². The standard InChI is InChI=1S/C26H33NO3/c1-5-6-7-8-19-14-23(28)24(21-13-17(4)9-12-20(21)16(2)3)25(29)22(19)15-27-26(30)18-10-11-18/h9,12-14,18,28-29H,2,5-8,10-11,15H2,1,3-4H3,(H,27,30). The number of allylic oxidation sites excluding steroid dienone is 1. The van der Waals surface area contributed by atoms with Gasteiger partial charge in [0.15, 0.2) is 0 Å². The summed E-state index contributed by atoms with van der Waals surface area (Å²) in [6, 6.07) is 7.68. The third-order valence-electron chi connectivity index (χ3n) is 5.82. The third-order valence-corrected chi connectivity index (χ3v) is 5.82. The number of benzene rings is 2. The summed E-state index contributed by atoms with van der Waals surface area (Å²) in [4.78, 5) is 12.2. The third kappa shape index (κ3) is 4.86. The number of carbonyl (C=O) groups is 1. The van der Waals surface area contributed by atoms with Crippen LogP contribution in [0.3, 0.4) is 0 Å². The lowest BCUT2D eigenvalue weighted by atomic mass is 9.89. The normalized spacial score (nSPS) is 13.3. The Morgan fingerprint density at radius 3 is 2.57 bits per heavy atom. The summed E-state index contributed by atoms with van der Waals surface area (Å²) in [6.07, 6.45) is 5.77. The van der Waals surface area contributed by atoms with Crippen LogP contribution in [0.25, 0.3) is 16.7 Å². The number of hydrogen-bond donors (Lipinski definition) is 3. The first-order chi connectivity index (χ1) is 14.3. The number of carbonyl (C=O) groups excluding carboxylic acids is 1. The number of phenols is 2. The Bertz CT molecular complexity index is 957. The zero-order chi connectivity index (χ0) is 21.8. The van der Waals surface area contributed by atoms with Gasteiger partial charge in [-0.05, 0) is 62.3 Å². The minimum absolute atomic E-state index is 0.0433. The maximum absolute atomic E-state index is 12.2. The molecule has 0 aromatic heterocycles. The summed E-state index contributed by atoms with van der Waals surface area (Å²) in [6.45, 7) is 10.4. The molecule has 0 atom stereocenters. The summed E-state index contributed by atoms with van der Waals surface area (Å²) in [5.74, 6) is 0.260. The highest BCUT2D eigenvalue weighted by molar-refractivity contribution is 5.87. The molecule has 4 nitrogen and oxygen atoms in total. The molecule has 1 saturated carbocycles. The van der Waals surface area contributed by atoms with Crippen molar-refractivity contribution in [2.45, 2.75) is 65.8 Å². The predicted octanol–water partition coefficient (Wildman–Crippen LogP) is 5.87.